The zero-order valence-electron chi connectivity index (χ0n) is 13.7. The molecule has 0 bridgehead atoms. The van der Waals surface area contributed by atoms with E-state index in [0.717, 1.165) is 10.6 Å². The molecule has 1 aliphatic carbocycles. The Bertz CT molecular complexity index is 759. The molecule has 0 unspecified atom stereocenters. The van der Waals surface area contributed by atoms with Crippen molar-refractivity contribution in [1.82, 2.24) is 20.1 Å². The summed E-state index contributed by atoms with van der Waals surface area (Å²) in [7, 11) is 1.84. The number of aryl methyl sites for hydroxylation is 2. The van der Waals surface area contributed by atoms with Crippen LogP contribution in [0.2, 0.25) is 0 Å². The second kappa shape index (κ2) is 6.72. The standard InChI is InChI=1S/C16H20N4O3S/c1-9-13(24-15(18-9)11-7-17-20(2)8-11)14(21)19-12-5-3-10(4-6-12)16(22)23/h7-8,10,12H,3-6H2,1-2H3,(H,19,21)(H,22,23). The maximum Gasteiger partial charge on any atom is 0.306 e. The molecule has 2 aromatic heterocycles. The summed E-state index contributed by atoms with van der Waals surface area (Å²) >= 11 is 1.36. The van der Waals surface area contributed by atoms with Gasteiger partial charge < -0.3 is 10.4 Å². The van der Waals surface area contributed by atoms with E-state index in [9.17, 15) is 9.59 Å². The van der Waals surface area contributed by atoms with E-state index in [0.29, 0.717) is 36.3 Å². The molecule has 1 fully saturated rings. The summed E-state index contributed by atoms with van der Waals surface area (Å²) in [5.41, 5.74) is 1.60. The summed E-state index contributed by atoms with van der Waals surface area (Å²) < 4.78 is 1.70. The van der Waals surface area contributed by atoms with E-state index in [1.165, 1.54) is 11.3 Å². The van der Waals surface area contributed by atoms with E-state index in [1.54, 1.807) is 10.9 Å². The van der Waals surface area contributed by atoms with Gasteiger partial charge in [-0.1, -0.05) is 0 Å². The van der Waals surface area contributed by atoms with Gasteiger partial charge in [0.1, 0.15) is 9.88 Å². The van der Waals surface area contributed by atoms with Crippen LogP contribution in [0, 0.1) is 12.8 Å². The minimum absolute atomic E-state index is 0.0384. The van der Waals surface area contributed by atoms with E-state index in [2.05, 4.69) is 15.4 Å². The summed E-state index contributed by atoms with van der Waals surface area (Å²) in [6, 6.07) is 0.0384. The van der Waals surface area contributed by atoms with E-state index in [-0.39, 0.29) is 17.9 Å². The number of rotatable bonds is 4. The Morgan fingerprint density at radius 2 is 2.04 bits per heavy atom. The first-order valence-electron chi connectivity index (χ1n) is 7.94. The molecule has 1 aliphatic rings. The van der Waals surface area contributed by atoms with Crippen LogP contribution in [0.1, 0.15) is 41.0 Å². The molecule has 128 valence electrons. The number of hydrogen-bond acceptors (Lipinski definition) is 5. The fourth-order valence-electron chi connectivity index (χ4n) is 3.00. The van der Waals surface area contributed by atoms with E-state index < -0.39 is 5.97 Å². The first-order valence-corrected chi connectivity index (χ1v) is 8.76. The number of carboxylic acids is 1. The highest BCUT2D eigenvalue weighted by molar-refractivity contribution is 7.17. The van der Waals surface area contributed by atoms with E-state index >= 15 is 0 Å². The Labute approximate surface area is 143 Å². The SMILES string of the molecule is Cc1nc(-c2cnn(C)c2)sc1C(=O)NC1CCC(C(=O)O)CC1. The van der Waals surface area contributed by atoms with Gasteiger partial charge in [-0.15, -0.1) is 11.3 Å². The third-order valence-electron chi connectivity index (χ3n) is 4.37. The van der Waals surface area contributed by atoms with E-state index in [4.69, 9.17) is 5.11 Å². The van der Waals surface area contributed by atoms with Crippen LogP contribution < -0.4 is 5.32 Å². The molecule has 1 saturated carbocycles. The lowest BCUT2D eigenvalue weighted by Crippen LogP contribution is -2.38. The maximum atomic E-state index is 12.5. The number of hydrogen-bond donors (Lipinski definition) is 2. The van der Waals surface area contributed by atoms with Crippen LogP contribution in [0.4, 0.5) is 0 Å². The highest BCUT2D eigenvalue weighted by atomic mass is 32.1. The fourth-order valence-corrected chi connectivity index (χ4v) is 3.94. The average molecular weight is 348 g/mol. The molecule has 2 N–H and O–H groups in total. The molecule has 0 aliphatic heterocycles. The van der Waals surface area contributed by atoms with Crippen LogP contribution in [-0.2, 0) is 11.8 Å². The van der Waals surface area contributed by atoms with Crippen LogP contribution in [0.5, 0.6) is 0 Å². The van der Waals surface area contributed by atoms with Crippen LogP contribution in [-0.4, -0.2) is 37.8 Å². The lowest BCUT2D eigenvalue weighted by molar-refractivity contribution is -0.142. The lowest BCUT2D eigenvalue weighted by Gasteiger charge is -2.26. The second-order valence-electron chi connectivity index (χ2n) is 6.20. The quantitative estimate of drug-likeness (QED) is 0.883. The van der Waals surface area contributed by atoms with Gasteiger partial charge in [-0.2, -0.15) is 5.10 Å². The van der Waals surface area contributed by atoms with Crippen molar-refractivity contribution in [3.05, 3.63) is 23.0 Å². The average Bonchev–Trinajstić information content (AvgIpc) is 3.13. The van der Waals surface area contributed by atoms with Crippen LogP contribution in [0.15, 0.2) is 12.4 Å². The smallest absolute Gasteiger partial charge is 0.306 e. The molecule has 0 spiro atoms. The zero-order chi connectivity index (χ0) is 17.3. The molecule has 0 atom stereocenters. The summed E-state index contributed by atoms with van der Waals surface area (Å²) in [6.45, 7) is 1.83. The van der Waals surface area contributed by atoms with Gasteiger partial charge >= 0.3 is 5.97 Å². The first kappa shape index (κ1) is 16.6. The summed E-state index contributed by atoms with van der Waals surface area (Å²) in [5.74, 6) is -1.14. The van der Waals surface area contributed by atoms with Gasteiger partial charge in [-0.25, -0.2) is 4.98 Å². The van der Waals surface area contributed by atoms with E-state index in [1.807, 2.05) is 20.2 Å². The van der Waals surface area contributed by atoms with Crippen molar-refractivity contribution in [2.75, 3.05) is 0 Å². The van der Waals surface area contributed by atoms with Crippen molar-refractivity contribution >= 4 is 23.2 Å². The minimum atomic E-state index is -0.737. The highest BCUT2D eigenvalue weighted by Crippen LogP contribution is 2.29. The third-order valence-corrected chi connectivity index (χ3v) is 5.57. The normalized spacial score (nSPS) is 20.8. The molecule has 2 heterocycles. The Hall–Kier alpha value is -2.22. The third kappa shape index (κ3) is 3.48. The van der Waals surface area contributed by atoms with Gasteiger partial charge in [-0.05, 0) is 32.6 Å². The van der Waals surface area contributed by atoms with Crippen molar-refractivity contribution in [2.45, 2.75) is 38.6 Å². The Balaban J connectivity index is 1.66. The molecular formula is C16H20N4O3S. The van der Waals surface area contributed by atoms with Crippen molar-refractivity contribution < 1.29 is 14.7 Å². The molecule has 1 amide bonds. The molecule has 8 heteroatoms. The Morgan fingerprint density at radius 1 is 1.33 bits per heavy atom. The van der Waals surface area contributed by atoms with Gasteiger partial charge in [0.15, 0.2) is 0 Å². The van der Waals surface area contributed by atoms with Crippen LogP contribution in [0.25, 0.3) is 10.6 Å². The van der Waals surface area contributed by atoms with Gasteiger partial charge in [-0.3, -0.25) is 14.3 Å². The van der Waals surface area contributed by atoms with Gasteiger partial charge in [0.25, 0.3) is 5.91 Å². The predicted octanol–water partition coefficient (Wildman–Crippen LogP) is 2.23. The van der Waals surface area contributed by atoms with Crippen molar-refractivity contribution in [3.63, 3.8) is 0 Å². The second-order valence-corrected chi connectivity index (χ2v) is 7.20. The van der Waals surface area contributed by atoms with Gasteiger partial charge in [0.2, 0.25) is 0 Å². The molecule has 2 aromatic rings. The largest absolute Gasteiger partial charge is 0.481 e. The number of amides is 1. The van der Waals surface area contributed by atoms with Gasteiger partial charge in [0.05, 0.1) is 17.8 Å². The molecule has 0 radical (unpaired) electrons. The Kier molecular flexibility index (Phi) is 4.66. The molecular weight excluding hydrogens is 328 g/mol. The minimum Gasteiger partial charge on any atom is -0.481 e. The number of carbonyl (C=O) groups is 2. The molecule has 24 heavy (non-hydrogen) atoms. The lowest BCUT2D eigenvalue weighted by atomic mass is 9.86. The zero-order valence-corrected chi connectivity index (χ0v) is 14.5. The van der Waals surface area contributed by atoms with Gasteiger partial charge in [0, 0.05) is 24.8 Å². The molecule has 7 nitrogen and oxygen atoms in total. The number of nitrogens with one attached hydrogen (secondary N) is 1. The van der Waals surface area contributed by atoms with Crippen molar-refractivity contribution in [1.29, 1.82) is 0 Å². The molecule has 0 saturated heterocycles. The summed E-state index contributed by atoms with van der Waals surface area (Å²) in [4.78, 5) is 28.6. The number of aromatic nitrogens is 3. The summed E-state index contributed by atoms with van der Waals surface area (Å²) in [6.07, 6.45) is 6.23. The number of aliphatic carboxylic acids is 1. The Morgan fingerprint density at radius 3 is 2.62 bits per heavy atom. The van der Waals surface area contributed by atoms with Crippen molar-refractivity contribution in [3.8, 4) is 10.6 Å². The number of carboxylic acid groups (broad SMARTS) is 1. The van der Waals surface area contributed by atoms with Crippen LogP contribution >= 0.6 is 11.3 Å². The first-order chi connectivity index (χ1) is 11.4. The summed E-state index contributed by atoms with van der Waals surface area (Å²) in [5, 5.41) is 17.0. The topological polar surface area (TPSA) is 97.1 Å². The van der Waals surface area contributed by atoms with Crippen LogP contribution in [0.3, 0.4) is 0 Å². The number of nitrogens with zero attached hydrogens (tertiary/aromatic N) is 3. The number of carbonyl (C=O) groups excluding carboxylic acids is 1. The fraction of sp³-hybridized carbons (Fsp3) is 0.500. The monoisotopic (exact) mass is 348 g/mol. The van der Waals surface area contributed by atoms with Crippen molar-refractivity contribution in [2.24, 2.45) is 13.0 Å². The highest BCUT2D eigenvalue weighted by Gasteiger charge is 2.27. The number of thiazole rings is 1. The molecule has 3 rings (SSSR count). The maximum absolute atomic E-state index is 12.5. The molecule has 0 aromatic carbocycles. The predicted molar refractivity (Wildman–Crippen MR) is 89.9 cm³/mol.